The second-order valence-corrected chi connectivity index (χ2v) is 2.67. The van der Waals surface area contributed by atoms with Crippen molar-refractivity contribution in [1.82, 2.24) is 5.32 Å². The maximum Gasteiger partial charge on any atom is 0.0666 e. The first-order valence-electron chi connectivity index (χ1n) is 3.52. The van der Waals surface area contributed by atoms with E-state index in [1.807, 2.05) is 13.8 Å². The molecule has 0 amide bonds. The lowest BCUT2D eigenvalue weighted by Gasteiger charge is -2.07. The largest absolute Gasteiger partial charge is 0.327 e. The quantitative estimate of drug-likeness (QED) is 0.583. The molecule has 10 heavy (non-hydrogen) atoms. The molecule has 0 radical (unpaired) electrons. The van der Waals surface area contributed by atoms with Crippen LogP contribution < -0.4 is 11.1 Å². The average Bonchev–Trinajstić information content (AvgIpc) is 1.87. The van der Waals surface area contributed by atoms with Gasteiger partial charge in [0.25, 0.3) is 0 Å². The van der Waals surface area contributed by atoms with E-state index in [4.69, 9.17) is 11.0 Å². The van der Waals surface area contributed by atoms with Crippen LogP contribution in [0.25, 0.3) is 0 Å². The van der Waals surface area contributed by atoms with Gasteiger partial charge in [-0.25, -0.2) is 0 Å². The van der Waals surface area contributed by atoms with Gasteiger partial charge in [0.2, 0.25) is 0 Å². The molecule has 0 saturated carbocycles. The van der Waals surface area contributed by atoms with Crippen molar-refractivity contribution in [2.45, 2.75) is 19.9 Å². The Hall–Kier alpha value is -0.590. The number of nitrogens with zero attached hydrogens (tertiary/aromatic N) is 1. The number of nitrogens with two attached hydrogens (primary N) is 1. The number of nitrogens with one attached hydrogen (secondary N) is 1. The summed E-state index contributed by atoms with van der Waals surface area (Å²) in [6.45, 7) is 5.34. The lowest BCUT2D eigenvalue weighted by molar-refractivity contribution is 0.561. The fourth-order valence-electron chi connectivity index (χ4n) is 0.573. The maximum absolute atomic E-state index is 8.38. The minimum Gasteiger partial charge on any atom is -0.327 e. The van der Waals surface area contributed by atoms with Crippen molar-refractivity contribution in [3.05, 3.63) is 0 Å². The molecule has 58 valence electrons. The van der Waals surface area contributed by atoms with Crippen molar-refractivity contribution in [1.29, 1.82) is 5.26 Å². The number of hydrogen-bond acceptors (Lipinski definition) is 3. The summed E-state index contributed by atoms with van der Waals surface area (Å²) in [5.74, 6) is 0.0822. The lowest BCUT2D eigenvalue weighted by atomic mass is 10.2. The molecule has 0 fully saturated rings. The van der Waals surface area contributed by atoms with Crippen LogP contribution >= 0.6 is 0 Å². The zero-order chi connectivity index (χ0) is 7.98. The third-order valence-corrected chi connectivity index (χ3v) is 1.14. The molecule has 2 atom stereocenters. The van der Waals surface area contributed by atoms with Crippen molar-refractivity contribution < 1.29 is 0 Å². The van der Waals surface area contributed by atoms with Gasteiger partial charge in [0.1, 0.15) is 0 Å². The van der Waals surface area contributed by atoms with E-state index in [-0.39, 0.29) is 12.0 Å². The van der Waals surface area contributed by atoms with Crippen LogP contribution in [0.2, 0.25) is 0 Å². The van der Waals surface area contributed by atoms with Gasteiger partial charge in [-0.15, -0.1) is 0 Å². The van der Waals surface area contributed by atoms with Crippen LogP contribution in [-0.2, 0) is 0 Å². The normalized spacial score (nSPS) is 15.8. The molecule has 2 unspecified atom stereocenters. The Balaban J connectivity index is 3.13. The van der Waals surface area contributed by atoms with Crippen LogP contribution in [0.5, 0.6) is 0 Å². The molecule has 0 aliphatic heterocycles. The van der Waals surface area contributed by atoms with Gasteiger partial charge in [-0.1, -0.05) is 0 Å². The van der Waals surface area contributed by atoms with Crippen LogP contribution in [0.1, 0.15) is 13.8 Å². The number of nitriles is 1. The second-order valence-electron chi connectivity index (χ2n) is 2.67. The van der Waals surface area contributed by atoms with E-state index in [0.717, 1.165) is 13.1 Å². The molecule has 0 aliphatic rings. The van der Waals surface area contributed by atoms with Crippen LogP contribution in [-0.4, -0.2) is 19.1 Å². The fourth-order valence-corrected chi connectivity index (χ4v) is 0.573. The zero-order valence-corrected chi connectivity index (χ0v) is 6.59. The third kappa shape index (κ3) is 5.54. The molecule has 3 heteroatoms. The molecule has 0 aromatic heterocycles. The molecule has 0 aromatic rings. The summed E-state index contributed by atoms with van der Waals surface area (Å²) in [5, 5.41) is 11.5. The molecule has 0 rings (SSSR count). The highest BCUT2D eigenvalue weighted by Crippen LogP contribution is 1.86. The molecule has 3 nitrogen and oxygen atoms in total. The summed E-state index contributed by atoms with van der Waals surface area (Å²) in [4.78, 5) is 0. The Bertz CT molecular complexity index is 115. The monoisotopic (exact) mass is 141 g/mol. The Morgan fingerprint density at radius 1 is 1.50 bits per heavy atom. The van der Waals surface area contributed by atoms with Gasteiger partial charge in [0.15, 0.2) is 0 Å². The number of rotatable bonds is 4. The van der Waals surface area contributed by atoms with Gasteiger partial charge in [0, 0.05) is 19.1 Å². The first-order valence-corrected chi connectivity index (χ1v) is 3.52. The Labute approximate surface area is 62.2 Å². The number of hydrogen-bond donors (Lipinski definition) is 2. The van der Waals surface area contributed by atoms with Gasteiger partial charge < -0.3 is 11.1 Å². The van der Waals surface area contributed by atoms with Crippen molar-refractivity contribution in [3.63, 3.8) is 0 Å². The van der Waals surface area contributed by atoms with Crippen molar-refractivity contribution in [2.24, 2.45) is 11.7 Å². The average molecular weight is 141 g/mol. The molecular weight excluding hydrogens is 126 g/mol. The first kappa shape index (κ1) is 9.41. The minimum atomic E-state index is 0.0822. The van der Waals surface area contributed by atoms with E-state index >= 15 is 0 Å². The summed E-state index contributed by atoms with van der Waals surface area (Å²) in [7, 11) is 0. The van der Waals surface area contributed by atoms with Crippen LogP contribution in [0.4, 0.5) is 0 Å². The predicted molar refractivity (Wildman–Crippen MR) is 41.3 cm³/mol. The fraction of sp³-hybridized carbons (Fsp3) is 0.857. The third-order valence-electron chi connectivity index (χ3n) is 1.14. The van der Waals surface area contributed by atoms with E-state index in [0.29, 0.717) is 0 Å². The van der Waals surface area contributed by atoms with Crippen molar-refractivity contribution in [3.8, 4) is 6.07 Å². The molecule has 0 heterocycles. The van der Waals surface area contributed by atoms with E-state index < -0.39 is 0 Å². The van der Waals surface area contributed by atoms with E-state index in [9.17, 15) is 0 Å². The second kappa shape index (κ2) is 5.21. The Kier molecular flexibility index (Phi) is 4.91. The predicted octanol–water partition coefficient (Wildman–Crippen LogP) is 0.0829. The summed E-state index contributed by atoms with van der Waals surface area (Å²) < 4.78 is 0. The van der Waals surface area contributed by atoms with Gasteiger partial charge in [-0.05, 0) is 13.8 Å². The molecule has 0 saturated heterocycles. The Morgan fingerprint density at radius 2 is 2.10 bits per heavy atom. The van der Waals surface area contributed by atoms with Crippen LogP contribution in [0, 0.1) is 17.2 Å². The molecule has 0 aromatic carbocycles. The smallest absolute Gasteiger partial charge is 0.0666 e. The van der Waals surface area contributed by atoms with Crippen molar-refractivity contribution in [2.75, 3.05) is 13.1 Å². The highest BCUT2D eigenvalue weighted by Gasteiger charge is 1.98. The summed E-state index contributed by atoms with van der Waals surface area (Å²) in [5.41, 5.74) is 5.47. The maximum atomic E-state index is 8.38. The molecule has 3 N–H and O–H groups in total. The van der Waals surface area contributed by atoms with Gasteiger partial charge >= 0.3 is 0 Å². The SMILES string of the molecule is CC(N)CNCC(C)C#N. The highest BCUT2D eigenvalue weighted by molar-refractivity contribution is 4.80. The molecule has 0 aliphatic carbocycles. The standard InChI is InChI=1S/C7H15N3/c1-6(3-8)4-10-5-7(2)9/h6-7,10H,4-5,9H2,1-2H3. The molecule has 0 spiro atoms. The summed E-state index contributed by atoms with van der Waals surface area (Å²) in [6.07, 6.45) is 0. The molecular formula is C7H15N3. The van der Waals surface area contributed by atoms with Crippen molar-refractivity contribution >= 4 is 0 Å². The van der Waals surface area contributed by atoms with E-state index in [2.05, 4.69) is 11.4 Å². The zero-order valence-electron chi connectivity index (χ0n) is 6.59. The summed E-state index contributed by atoms with van der Waals surface area (Å²) in [6, 6.07) is 2.31. The van der Waals surface area contributed by atoms with E-state index in [1.54, 1.807) is 0 Å². The summed E-state index contributed by atoms with van der Waals surface area (Å²) >= 11 is 0. The first-order chi connectivity index (χ1) is 4.66. The van der Waals surface area contributed by atoms with Crippen LogP contribution in [0.15, 0.2) is 0 Å². The topological polar surface area (TPSA) is 61.8 Å². The lowest BCUT2D eigenvalue weighted by Crippen LogP contribution is -2.33. The van der Waals surface area contributed by atoms with Gasteiger partial charge in [-0.3, -0.25) is 0 Å². The van der Waals surface area contributed by atoms with Gasteiger partial charge in [-0.2, -0.15) is 5.26 Å². The van der Waals surface area contributed by atoms with E-state index in [1.165, 1.54) is 0 Å². The Morgan fingerprint density at radius 3 is 2.50 bits per heavy atom. The highest BCUT2D eigenvalue weighted by atomic mass is 14.9. The van der Waals surface area contributed by atoms with Crippen LogP contribution in [0.3, 0.4) is 0 Å². The minimum absolute atomic E-state index is 0.0822. The molecule has 0 bridgehead atoms. The van der Waals surface area contributed by atoms with Gasteiger partial charge in [0.05, 0.1) is 12.0 Å².